The van der Waals surface area contributed by atoms with Gasteiger partial charge in [-0.3, -0.25) is 14.3 Å². The van der Waals surface area contributed by atoms with Crippen molar-refractivity contribution in [3.63, 3.8) is 0 Å². The Labute approximate surface area is 121 Å². The summed E-state index contributed by atoms with van der Waals surface area (Å²) in [4.78, 5) is 27.4. The highest BCUT2D eigenvalue weighted by Gasteiger charge is 2.23. The van der Waals surface area contributed by atoms with E-state index in [0.717, 1.165) is 11.3 Å². The molecule has 0 saturated carbocycles. The molecular formula is C15H14N4O2. The van der Waals surface area contributed by atoms with E-state index in [1.165, 1.54) is 4.68 Å². The summed E-state index contributed by atoms with van der Waals surface area (Å²) in [5.41, 5.74) is 2.27. The number of aromatic nitrogens is 2. The number of rotatable bonds is 2. The van der Waals surface area contributed by atoms with E-state index < -0.39 is 0 Å². The van der Waals surface area contributed by atoms with Crippen molar-refractivity contribution in [1.82, 2.24) is 15.1 Å². The third-order valence-corrected chi connectivity index (χ3v) is 3.32. The topological polar surface area (TPSA) is 76.3 Å². The van der Waals surface area contributed by atoms with Crippen LogP contribution in [0.3, 0.4) is 0 Å². The van der Waals surface area contributed by atoms with E-state index in [1.54, 1.807) is 36.7 Å². The summed E-state index contributed by atoms with van der Waals surface area (Å²) in [5.74, 6) is -0.376. The zero-order valence-corrected chi connectivity index (χ0v) is 11.5. The standard InChI is InChI=1S/C15H14N4O2/c1-10-7-14(20)18-13-8-11(3-4-12(10)13)17-15(21)9-19-6-2-5-16-19/h2-8,12H,9H2,1H3,(H,18,20). The Hall–Kier alpha value is -2.76. The molecule has 1 aromatic heterocycles. The van der Waals surface area contributed by atoms with Gasteiger partial charge in [0.1, 0.15) is 6.54 Å². The summed E-state index contributed by atoms with van der Waals surface area (Å²) < 4.78 is 1.52. The molecule has 1 aromatic rings. The van der Waals surface area contributed by atoms with Gasteiger partial charge in [0.05, 0.1) is 5.71 Å². The summed E-state index contributed by atoms with van der Waals surface area (Å²) >= 11 is 0. The fourth-order valence-electron chi connectivity index (χ4n) is 2.36. The maximum absolute atomic E-state index is 11.9. The fourth-order valence-corrected chi connectivity index (χ4v) is 2.36. The van der Waals surface area contributed by atoms with Crippen LogP contribution in [0.2, 0.25) is 0 Å². The maximum atomic E-state index is 11.9. The lowest BCUT2D eigenvalue weighted by Crippen LogP contribution is -2.32. The number of allylic oxidation sites excluding steroid dienone is 3. The third-order valence-electron chi connectivity index (χ3n) is 3.32. The summed E-state index contributed by atoms with van der Waals surface area (Å²) in [6.07, 6.45) is 10.4. The minimum atomic E-state index is -0.289. The average Bonchev–Trinajstić information content (AvgIpc) is 2.90. The van der Waals surface area contributed by atoms with Gasteiger partial charge in [-0.1, -0.05) is 11.6 Å². The fraction of sp³-hybridized carbons (Fsp3) is 0.200. The van der Waals surface area contributed by atoms with Crippen LogP contribution >= 0.6 is 0 Å². The van der Waals surface area contributed by atoms with E-state index >= 15 is 0 Å². The Bertz CT molecular complexity index is 708. The molecule has 2 amide bonds. The lowest BCUT2D eigenvalue weighted by molar-refractivity contribution is -0.118. The van der Waals surface area contributed by atoms with Gasteiger partial charge in [0.2, 0.25) is 5.91 Å². The van der Waals surface area contributed by atoms with Crippen LogP contribution in [-0.4, -0.2) is 27.3 Å². The summed E-state index contributed by atoms with van der Waals surface area (Å²) in [7, 11) is 0. The molecule has 0 spiro atoms. The lowest BCUT2D eigenvalue weighted by atomic mass is 9.89. The van der Waals surface area contributed by atoms with Crippen molar-refractivity contribution in [1.29, 1.82) is 0 Å². The Kier molecular flexibility index (Phi) is 3.35. The second-order valence-corrected chi connectivity index (χ2v) is 4.95. The highest BCUT2D eigenvalue weighted by atomic mass is 16.2. The van der Waals surface area contributed by atoms with E-state index in [0.29, 0.717) is 5.71 Å². The normalized spacial score (nSPS) is 22.4. The van der Waals surface area contributed by atoms with Gasteiger partial charge in [-0.15, -0.1) is 0 Å². The smallest absolute Gasteiger partial charge is 0.267 e. The first kappa shape index (κ1) is 13.2. The number of nitrogens with one attached hydrogen (secondary N) is 1. The van der Waals surface area contributed by atoms with E-state index in [4.69, 9.17) is 0 Å². The van der Waals surface area contributed by atoms with Gasteiger partial charge in [0.25, 0.3) is 5.91 Å². The molecule has 0 aromatic carbocycles. The molecule has 3 rings (SSSR count). The Morgan fingerprint density at radius 2 is 2.33 bits per heavy atom. The van der Waals surface area contributed by atoms with E-state index in [9.17, 15) is 9.59 Å². The Morgan fingerprint density at radius 1 is 1.48 bits per heavy atom. The van der Waals surface area contributed by atoms with Crippen LogP contribution in [0.1, 0.15) is 6.92 Å². The molecule has 2 heterocycles. The first-order valence-electron chi connectivity index (χ1n) is 6.60. The minimum absolute atomic E-state index is 0.0582. The highest BCUT2D eigenvalue weighted by molar-refractivity contribution is 6.11. The van der Waals surface area contributed by atoms with Gasteiger partial charge in [-0.25, -0.2) is 4.99 Å². The Balaban J connectivity index is 1.77. The number of hydrogen-bond acceptors (Lipinski definition) is 3. The molecule has 0 radical (unpaired) electrons. The second-order valence-electron chi connectivity index (χ2n) is 4.95. The number of aliphatic imine (C=N–C) groups is 1. The molecule has 6 heteroatoms. The molecule has 2 aliphatic rings. The first-order valence-corrected chi connectivity index (χ1v) is 6.60. The number of hydrogen-bond donors (Lipinski definition) is 1. The van der Waals surface area contributed by atoms with Crippen molar-refractivity contribution in [2.24, 2.45) is 10.9 Å². The van der Waals surface area contributed by atoms with Gasteiger partial charge in [0.15, 0.2) is 0 Å². The Morgan fingerprint density at radius 3 is 3.10 bits per heavy atom. The van der Waals surface area contributed by atoms with Crippen molar-refractivity contribution in [3.8, 4) is 0 Å². The van der Waals surface area contributed by atoms with E-state index in [1.807, 2.05) is 13.0 Å². The number of fused-ring (bicyclic) bond motifs is 1. The van der Waals surface area contributed by atoms with E-state index in [-0.39, 0.29) is 24.3 Å². The van der Waals surface area contributed by atoms with Crippen molar-refractivity contribution in [2.45, 2.75) is 13.5 Å². The van der Waals surface area contributed by atoms with Gasteiger partial charge in [0, 0.05) is 30.1 Å². The van der Waals surface area contributed by atoms with Crippen LogP contribution in [0.5, 0.6) is 0 Å². The van der Waals surface area contributed by atoms with Crippen molar-refractivity contribution >= 4 is 17.5 Å². The molecule has 1 aliphatic carbocycles. The molecule has 1 atom stereocenters. The predicted octanol–water partition coefficient (Wildman–Crippen LogP) is 0.997. The molecule has 106 valence electrons. The number of amides is 2. The van der Waals surface area contributed by atoms with Crippen LogP contribution < -0.4 is 5.32 Å². The van der Waals surface area contributed by atoms with Crippen molar-refractivity contribution in [2.75, 3.05) is 0 Å². The number of carbonyl (C=O) groups is 2. The zero-order chi connectivity index (χ0) is 14.8. The van der Waals surface area contributed by atoms with Crippen molar-refractivity contribution < 1.29 is 9.59 Å². The zero-order valence-electron chi connectivity index (χ0n) is 11.5. The lowest BCUT2D eigenvalue weighted by Gasteiger charge is -2.25. The van der Waals surface area contributed by atoms with E-state index in [2.05, 4.69) is 15.4 Å². The molecule has 0 saturated heterocycles. The third kappa shape index (κ3) is 2.89. The van der Waals surface area contributed by atoms with Gasteiger partial charge in [-0.2, -0.15) is 5.10 Å². The molecule has 21 heavy (non-hydrogen) atoms. The minimum Gasteiger partial charge on any atom is -0.325 e. The molecule has 1 N–H and O–H groups in total. The molecule has 1 aliphatic heterocycles. The monoisotopic (exact) mass is 282 g/mol. The van der Waals surface area contributed by atoms with Gasteiger partial charge in [-0.05, 0) is 25.1 Å². The summed E-state index contributed by atoms with van der Waals surface area (Å²) in [6.45, 7) is 2.01. The average molecular weight is 282 g/mol. The molecule has 1 unspecified atom stereocenters. The maximum Gasteiger partial charge on any atom is 0.267 e. The predicted molar refractivity (Wildman–Crippen MR) is 77.3 cm³/mol. The van der Waals surface area contributed by atoms with Crippen LogP contribution in [0, 0.1) is 5.92 Å². The van der Waals surface area contributed by atoms with Crippen LogP contribution in [0.25, 0.3) is 0 Å². The molecule has 6 nitrogen and oxygen atoms in total. The largest absolute Gasteiger partial charge is 0.325 e. The quantitative estimate of drug-likeness (QED) is 0.879. The molecular weight excluding hydrogens is 268 g/mol. The summed E-state index contributed by atoms with van der Waals surface area (Å²) in [6, 6.07) is 1.75. The van der Waals surface area contributed by atoms with Gasteiger partial charge >= 0.3 is 0 Å². The SMILES string of the molecule is CC1=CC(=O)NC2=CC(=NC(=O)Cn3cccn3)C=CC12. The number of nitrogens with zero attached hydrogens (tertiary/aromatic N) is 3. The highest BCUT2D eigenvalue weighted by Crippen LogP contribution is 2.26. The van der Waals surface area contributed by atoms with Crippen LogP contribution in [-0.2, 0) is 16.1 Å². The van der Waals surface area contributed by atoms with Gasteiger partial charge < -0.3 is 5.32 Å². The van der Waals surface area contributed by atoms with Crippen LogP contribution in [0.15, 0.2) is 59.0 Å². The number of carbonyl (C=O) groups excluding carboxylic acids is 2. The molecule has 0 bridgehead atoms. The van der Waals surface area contributed by atoms with Crippen molar-refractivity contribution in [3.05, 3.63) is 54.0 Å². The first-order chi connectivity index (χ1) is 10.1. The second kappa shape index (κ2) is 5.32. The molecule has 0 fully saturated rings. The van der Waals surface area contributed by atoms with Crippen LogP contribution in [0.4, 0.5) is 0 Å². The summed E-state index contributed by atoms with van der Waals surface area (Å²) in [5, 5.41) is 6.75.